The highest BCUT2D eigenvalue weighted by Gasteiger charge is 2.12. The van der Waals surface area contributed by atoms with E-state index in [4.69, 9.17) is 4.98 Å². The maximum absolute atomic E-state index is 12.9. The zero-order valence-electron chi connectivity index (χ0n) is 13.8. The van der Waals surface area contributed by atoms with Crippen LogP contribution in [0, 0.1) is 6.92 Å². The van der Waals surface area contributed by atoms with Gasteiger partial charge in [-0.15, -0.1) is 0 Å². The molecule has 3 aromatic rings. The topological polar surface area (TPSA) is 34.9 Å². The molecule has 0 saturated carbocycles. The van der Waals surface area contributed by atoms with Crippen molar-refractivity contribution in [3.05, 3.63) is 68.4 Å². The summed E-state index contributed by atoms with van der Waals surface area (Å²) in [4.78, 5) is 17.6. The Hall–Kier alpha value is -1.59. The van der Waals surface area contributed by atoms with Gasteiger partial charge in [-0.3, -0.25) is 9.36 Å². The molecule has 0 amide bonds. The molecule has 1 heterocycles. The second-order valence-corrected chi connectivity index (χ2v) is 7.59. The summed E-state index contributed by atoms with van der Waals surface area (Å²) in [5.41, 5.74) is 3.33. The molecule has 0 aliphatic heterocycles. The number of hydrogen-bond donors (Lipinski definition) is 0. The lowest BCUT2D eigenvalue weighted by Gasteiger charge is -2.13. The molecule has 0 unspecified atom stereocenters. The fraction of sp³-hybridized carbons (Fsp3) is 0.263. The maximum Gasteiger partial charge on any atom is 0.262 e. The van der Waals surface area contributed by atoms with Gasteiger partial charge in [0, 0.05) is 16.8 Å². The zero-order valence-corrected chi connectivity index (χ0v) is 16.2. The second kappa shape index (κ2) is 7.53. The third-order valence-electron chi connectivity index (χ3n) is 3.95. The van der Waals surface area contributed by atoms with Gasteiger partial charge in [0.15, 0.2) is 5.16 Å². The molecule has 0 spiro atoms. The zero-order chi connectivity index (χ0) is 17.1. The first-order valence-electron chi connectivity index (χ1n) is 7.97. The Kier molecular flexibility index (Phi) is 5.41. The number of rotatable bonds is 5. The Morgan fingerprint density at radius 3 is 2.75 bits per heavy atom. The molecule has 1 aromatic heterocycles. The number of hydrogen-bond acceptors (Lipinski definition) is 3. The van der Waals surface area contributed by atoms with Crippen LogP contribution in [0.5, 0.6) is 0 Å². The molecule has 5 heteroatoms. The summed E-state index contributed by atoms with van der Waals surface area (Å²) < 4.78 is 2.70. The predicted molar refractivity (Wildman–Crippen MR) is 105 cm³/mol. The average Bonchev–Trinajstić information content (AvgIpc) is 2.58. The van der Waals surface area contributed by atoms with E-state index in [2.05, 4.69) is 41.9 Å². The number of nitrogens with zero attached hydrogens (tertiary/aromatic N) is 2. The Labute approximate surface area is 154 Å². The monoisotopic (exact) mass is 402 g/mol. The molecular formula is C19H19BrN2OS. The molecule has 0 atom stereocenters. The first kappa shape index (κ1) is 17.2. The van der Waals surface area contributed by atoms with Crippen molar-refractivity contribution in [1.29, 1.82) is 0 Å². The van der Waals surface area contributed by atoms with Crippen LogP contribution >= 0.6 is 27.7 Å². The Bertz CT molecular complexity index is 936. The lowest BCUT2D eigenvalue weighted by molar-refractivity contribution is 0.584. The van der Waals surface area contributed by atoms with Crippen LogP contribution < -0.4 is 5.56 Å². The van der Waals surface area contributed by atoms with Crippen molar-refractivity contribution in [3.8, 4) is 0 Å². The van der Waals surface area contributed by atoms with Crippen LogP contribution in [0.2, 0.25) is 0 Å². The van der Waals surface area contributed by atoms with E-state index in [1.165, 1.54) is 11.1 Å². The van der Waals surface area contributed by atoms with Crippen LogP contribution in [-0.2, 0) is 12.3 Å². The first-order valence-corrected chi connectivity index (χ1v) is 9.75. The van der Waals surface area contributed by atoms with Crippen LogP contribution in [0.1, 0.15) is 24.5 Å². The molecule has 3 nitrogen and oxygen atoms in total. The largest absolute Gasteiger partial charge is 0.287 e. The summed E-state index contributed by atoms with van der Waals surface area (Å²) in [5.74, 6) is 0.810. The lowest BCUT2D eigenvalue weighted by atomic mass is 10.1. The van der Waals surface area contributed by atoms with Crippen molar-refractivity contribution in [2.75, 3.05) is 0 Å². The van der Waals surface area contributed by atoms with Gasteiger partial charge >= 0.3 is 0 Å². The molecule has 2 aromatic carbocycles. The van der Waals surface area contributed by atoms with Gasteiger partial charge in [-0.25, -0.2) is 4.98 Å². The van der Waals surface area contributed by atoms with E-state index in [-0.39, 0.29) is 5.56 Å². The highest BCUT2D eigenvalue weighted by Crippen LogP contribution is 2.24. The van der Waals surface area contributed by atoms with Crippen molar-refractivity contribution in [2.24, 2.45) is 0 Å². The number of thioether (sulfide) groups is 1. The second-order valence-electron chi connectivity index (χ2n) is 5.73. The maximum atomic E-state index is 12.9. The fourth-order valence-corrected chi connectivity index (χ4v) is 4.08. The molecule has 0 fully saturated rings. The van der Waals surface area contributed by atoms with Crippen molar-refractivity contribution in [2.45, 2.75) is 37.7 Å². The molecular weight excluding hydrogens is 384 g/mol. The van der Waals surface area contributed by atoms with E-state index in [1.807, 2.05) is 30.3 Å². The summed E-state index contributed by atoms with van der Waals surface area (Å²) in [5, 5.41) is 1.46. The predicted octanol–water partition coefficient (Wildman–Crippen LogP) is 5.17. The van der Waals surface area contributed by atoms with Crippen LogP contribution in [0.15, 0.2) is 56.9 Å². The molecule has 0 radical (unpaired) electrons. The van der Waals surface area contributed by atoms with Gasteiger partial charge in [0.25, 0.3) is 5.56 Å². The quantitative estimate of drug-likeness (QED) is 0.436. The number of aryl methyl sites for hydroxylation is 1. The summed E-state index contributed by atoms with van der Waals surface area (Å²) in [6.45, 7) is 4.87. The highest BCUT2D eigenvalue weighted by molar-refractivity contribution is 9.10. The summed E-state index contributed by atoms with van der Waals surface area (Å²) in [7, 11) is 0. The Morgan fingerprint density at radius 2 is 2.00 bits per heavy atom. The third kappa shape index (κ3) is 3.57. The van der Waals surface area contributed by atoms with Gasteiger partial charge in [-0.05, 0) is 42.7 Å². The Morgan fingerprint density at radius 1 is 1.21 bits per heavy atom. The fourth-order valence-electron chi connectivity index (χ4n) is 2.62. The third-order valence-corrected chi connectivity index (χ3v) is 5.46. The lowest BCUT2D eigenvalue weighted by Crippen LogP contribution is -2.23. The minimum absolute atomic E-state index is 0.0374. The van der Waals surface area contributed by atoms with E-state index in [0.29, 0.717) is 11.9 Å². The summed E-state index contributed by atoms with van der Waals surface area (Å²) >= 11 is 5.06. The molecule has 3 rings (SSSR count). The molecule has 0 bridgehead atoms. The van der Waals surface area contributed by atoms with Crippen molar-refractivity contribution in [1.82, 2.24) is 9.55 Å². The molecule has 0 aliphatic rings. The van der Waals surface area contributed by atoms with Gasteiger partial charge in [0.1, 0.15) is 0 Å². The van der Waals surface area contributed by atoms with Gasteiger partial charge in [-0.1, -0.05) is 58.9 Å². The van der Waals surface area contributed by atoms with Crippen molar-refractivity contribution < 1.29 is 0 Å². The van der Waals surface area contributed by atoms with Crippen LogP contribution in [0.3, 0.4) is 0 Å². The molecule has 0 aliphatic carbocycles. The normalized spacial score (nSPS) is 11.1. The average molecular weight is 403 g/mol. The molecule has 24 heavy (non-hydrogen) atoms. The minimum Gasteiger partial charge on any atom is -0.287 e. The van der Waals surface area contributed by atoms with E-state index in [9.17, 15) is 4.79 Å². The van der Waals surface area contributed by atoms with Crippen LogP contribution in [0.25, 0.3) is 10.9 Å². The molecule has 124 valence electrons. The smallest absolute Gasteiger partial charge is 0.262 e. The van der Waals surface area contributed by atoms with Crippen molar-refractivity contribution in [3.63, 3.8) is 0 Å². The van der Waals surface area contributed by atoms with E-state index in [0.717, 1.165) is 27.3 Å². The summed E-state index contributed by atoms with van der Waals surface area (Å²) in [6.07, 6.45) is 0.902. The summed E-state index contributed by atoms with van der Waals surface area (Å²) in [6, 6.07) is 14.0. The number of halogens is 1. The van der Waals surface area contributed by atoms with Gasteiger partial charge < -0.3 is 0 Å². The van der Waals surface area contributed by atoms with Crippen LogP contribution in [-0.4, -0.2) is 9.55 Å². The first-order chi connectivity index (χ1) is 11.6. The Balaban J connectivity index is 2.02. The van der Waals surface area contributed by atoms with E-state index >= 15 is 0 Å². The molecule has 0 saturated heterocycles. The van der Waals surface area contributed by atoms with Gasteiger partial charge in [-0.2, -0.15) is 0 Å². The SMILES string of the molecule is CCCn1c(SCc2ccccc2C)nc2ccc(Br)cc2c1=O. The highest BCUT2D eigenvalue weighted by atomic mass is 79.9. The standard InChI is InChI=1S/C19H19BrN2OS/c1-3-10-22-18(23)16-11-15(20)8-9-17(16)21-19(22)24-12-14-7-5-4-6-13(14)2/h4-9,11H,3,10,12H2,1-2H3. The van der Waals surface area contributed by atoms with Gasteiger partial charge in [0.05, 0.1) is 10.9 Å². The van der Waals surface area contributed by atoms with E-state index in [1.54, 1.807) is 16.3 Å². The molecule has 0 N–H and O–H groups in total. The minimum atomic E-state index is 0.0374. The van der Waals surface area contributed by atoms with Gasteiger partial charge in [0.2, 0.25) is 0 Å². The number of benzene rings is 2. The number of aromatic nitrogens is 2. The number of fused-ring (bicyclic) bond motifs is 1. The van der Waals surface area contributed by atoms with Crippen LogP contribution in [0.4, 0.5) is 0 Å². The van der Waals surface area contributed by atoms with Crippen molar-refractivity contribution >= 4 is 38.6 Å². The van der Waals surface area contributed by atoms with E-state index < -0.39 is 0 Å².